The smallest absolute Gasteiger partial charge is 0.355 e. The second-order valence-corrected chi connectivity index (χ2v) is 5.33. The van der Waals surface area contributed by atoms with E-state index in [0.717, 1.165) is 11.3 Å². The predicted octanol–water partition coefficient (Wildman–Crippen LogP) is 2.27. The summed E-state index contributed by atoms with van der Waals surface area (Å²) in [6.07, 6.45) is 0.706. The largest absolute Gasteiger partial charge is 0.491 e. The van der Waals surface area contributed by atoms with E-state index in [0.29, 0.717) is 31.0 Å². The molecule has 0 radical (unpaired) electrons. The number of carboxylic acid groups (broad SMARTS) is 1. The minimum Gasteiger partial charge on any atom is -0.491 e. The molecule has 21 heavy (non-hydrogen) atoms. The number of nitrogens with zero attached hydrogens (tertiary/aromatic N) is 2. The van der Waals surface area contributed by atoms with Gasteiger partial charge in [-0.3, -0.25) is 4.79 Å². The number of anilines is 1. The molecule has 108 valence electrons. The van der Waals surface area contributed by atoms with Crippen LogP contribution in [0.5, 0.6) is 5.75 Å². The summed E-state index contributed by atoms with van der Waals surface area (Å²) in [5.74, 6) is -0.784. The number of para-hydroxylation sites is 2. The van der Waals surface area contributed by atoms with Gasteiger partial charge in [0.05, 0.1) is 12.3 Å². The molecule has 2 heterocycles. The lowest BCUT2D eigenvalue weighted by molar-refractivity contribution is 0.0691. The first-order valence-electron chi connectivity index (χ1n) is 6.39. The Kier molecular flexibility index (Phi) is 3.57. The molecule has 1 N–H and O–H groups in total. The highest BCUT2D eigenvalue weighted by Crippen LogP contribution is 2.31. The van der Waals surface area contributed by atoms with Crippen molar-refractivity contribution in [3.8, 4) is 5.75 Å². The molecule has 0 atom stereocenters. The number of aromatic nitrogens is 1. The number of ether oxygens (including phenoxy) is 1. The third-order valence-electron chi connectivity index (χ3n) is 3.09. The quantitative estimate of drug-likeness (QED) is 0.920. The molecule has 0 spiro atoms. The highest BCUT2D eigenvalue weighted by molar-refractivity contribution is 7.12. The van der Waals surface area contributed by atoms with E-state index < -0.39 is 5.97 Å². The summed E-state index contributed by atoms with van der Waals surface area (Å²) in [7, 11) is 0. The summed E-state index contributed by atoms with van der Waals surface area (Å²) in [5, 5.41) is 10.4. The third kappa shape index (κ3) is 2.59. The van der Waals surface area contributed by atoms with Crippen LogP contribution in [0, 0.1) is 0 Å². The first-order chi connectivity index (χ1) is 10.2. The number of carbonyl (C=O) groups excluding carboxylic acids is 1. The fraction of sp³-hybridized carbons (Fsp3) is 0.214. The molecule has 6 nitrogen and oxygen atoms in total. The van der Waals surface area contributed by atoms with Gasteiger partial charge in [0.2, 0.25) is 0 Å². The van der Waals surface area contributed by atoms with Crippen molar-refractivity contribution in [2.24, 2.45) is 0 Å². The molecule has 1 aliphatic heterocycles. The Labute approximate surface area is 124 Å². The SMILES string of the molecule is O=C(O)c1csc(C(=O)N2CCCOc3ccccc32)n1. The molecule has 1 aromatic heterocycles. The Morgan fingerprint density at radius 2 is 2.14 bits per heavy atom. The van der Waals surface area contributed by atoms with Crippen molar-refractivity contribution >= 4 is 28.9 Å². The molecule has 0 unspecified atom stereocenters. The molecule has 3 rings (SSSR count). The van der Waals surface area contributed by atoms with Crippen molar-refractivity contribution in [3.05, 3.63) is 40.3 Å². The Morgan fingerprint density at radius 1 is 1.33 bits per heavy atom. The van der Waals surface area contributed by atoms with Crippen LogP contribution in [0.2, 0.25) is 0 Å². The van der Waals surface area contributed by atoms with Crippen LogP contribution in [0.25, 0.3) is 0 Å². The van der Waals surface area contributed by atoms with Gasteiger partial charge in [0.1, 0.15) is 5.75 Å². The average molecular weight is 304 g/mol. The Hall–Kier alpha value is -2.41. The van der Waals surface area contributed by atoms with Crippen molar-refractivity contribution in [2.75, 3.05) is 18.1 Å². The minimum atomic E-state index is -1.13. The van der Waals surface area contributed by atoms with E-state index in [1.54, 1.807) is 4.90 Å². The van der Waals surface area contributed by atoms with Crippen molar-refractivity contribution in [3.63, 3.8) is 0 Å². The summed E-state index contributed by atoms with van der Waals surface area (Å²) in [6.45, 7) is 1.05. The van der Waals surface area contributed by atoms with Gasteiger partial charge in [0.25, 0.3) is 5.91 Å². The van der Waals surface area contributed by atoms with Crippen LogP contribution in [0.3, 0.4) is 0 Å². The zero-order chi connectivity index (χ0) is 14.8. The van der Waals surface area contributed by atoms with Crippen LogP contribution >= 0.6 is 11.3 Å². The number of benzene rings is 1. The van der Waals surface area contributed by atoms with Crippen LogP contribution in [0.1, 0.15) is 26.7 Å². The van der Waals surface area contributed by atoms with Gasteiger partial charge in [0, 0.05) is 11.9 Å². The van der Waals surface area contributed by atoms with Gasteiger partial charge in [0.15, 0.2) is 10.7 Å². The molecule has 0 saturated heterocycles. The number of rotatable bonds is 2. The summed E-state index contributed by atoms with van der Waals surface area (Å²) in [5.41, 5.74) is 0.579. The molecule has 0 aliphatic carbocycles. The topological polar surface area (TPSA) is 79.7 Å². The zero-order valence-electron chi connectivity index (χ0n) is 11.0. The van der Waals surface area contributed by atoms with E-state index in [9.17, 15) is 9.59 Å². The molecule has 1 amide bonds. The highest BCUT2D eigenvalue weighted by atomic mass is 32.1. The number of hydrogen-bond acceptors (Lipinski definition) is 5. The van der Waals surface area contributed by atoms with E-state index in [-0.39, 0.29) is 16.6 Å². The van der Waals surface area contributed by atoms with Crippen molar-refractivity contribution in [1.82, 2.24) is 4.98 Å². The lowest BCUT2D eigenvalue weighted by Crippen LogP contribution is -2.31. The van der Waals surface area contributed by atoms with Crippen molar-refractivity contribution in [2.45, 2.75) is 6.42 Å². The standard InChI is InChI=1S/C14H12N2O4S/c17-13(12-15-9(8-21-12)14(18)19)16-6-3-7-20-11-5-2-1-4-10(11)16/h1-2,4-5,8H,3,6-7H2,(H,18,19). The monoisotopic (exact) mass is 304 g/mol. The molecule has 0 fully saturated rings. The minimum absolute atomic E-state index is 0.109. The summed E-state index contributed by atoms with van der Waals surface area (Å²) < 4.78 is 5.60. The molecule has 0 bridgehead atoms. The summed E-state index contributed by atoms with van der Waals surface area (Å²) >= 11 is 1.04. The van der Waals surface area contributed by atoms with E-state index in [1.165, 1.54) is 5.38 Å². The van der Waals surface area contributed by atoms with Gasteiger partial charge in [-0.15, -0.1) is 11.3 Å². The summed E-state index contributed by atoms with van der Waals surface area (Å²) in [4.78, 5) is 28.9. The highest BCUT2D eigenvalue weighted by Gasteiger charge is 2.25. The molecule has 1 aliphatic rings. The second kappa shape index (κ2) is 5.53. The number of thiazole rings is 1. The molecule has 0 saturated carbocycles. The van der Waals surface area contributed by atoms with Gasteiger partial charge >= 0.3 is 5.97 Å². The Morgan fingerprint density at radius 3 is 2.90 bits per heavy atom. The van der Waals surface area contributed by atoms with Crippen molar-refractivity contribution < 1.29 is 19.4 Å². The zero-order valence-corrected chi connectivity index (χ0v) is 11.8. The van der Waals surface area contributed by atoms with E-state index in [1.807, 2.05) is 24.3 Å². The number of aromatic carboxylic acids is 1. The average Bonchev–Trinajstić information content (AvgIpc) is 2.88. The molecule has 1 aromatic carbocycles. The fourth-order valence-corrected chi connectivity index (χ4v) is 2.86. The first kappa shape index (κ1) is 13.6. The molecule has 2 aromatic rings. The summed E-state index contributed by atoms with van der Waals surface area (Å²) in [6, 6.07) is 7.30. The lowest BCUT2D eigenvalue weighted by Gasteiger charge is -2.20. The van der Waals surface area contributed by atoms with Crippen LogP contribution in [-0.2, 0) is 0 Å². The van der Waals surface area contributed by atoms with Gasteiger partial charge in [-0.2, -0.15) is 0 Å². The third-order valence-corrected chi connectivity index (χ3v) is 3.92. The maximum Gasteiger partial charge on any atom is 0.355 e. The first-order valence-corrected chi connectivity index (χ1v) is 7.27. The van der Waals surface area contributed by atoms with Crippen LogP contribution < -0.4 is 9.64 Å². The molecular weight excluding hydrogens is 292 g/mol. The van der Waals surface area contributed by atoms with Crippen LogP contribution in [0.4, 0.5) is 5.69 Å². The maximum absolute atomic E-state index is 12.6. The normalized spacial score (nSPS) is 14.0. The fourth-order valence-electron chi connectivity index (χ4n) is 2.12. The number of fused-ring (bicyclic) bond motifs is 1. The van der Waals surface area contributed by atoms with Gasteiger partial charge in [-0.05, 0) is 18.6 Å². The number of carbonyl (C=O) groups is 2. The van der Waals surface area contributed by atoms with E-state index in [4.69, 9.17) is 9.84 Å². The maximum atomic E-state index is 12.6. The van der Waals surface area contributed by atoms with Crippen LogP contribution in [0.15, 0.2) is 29.6 Å². The van der Waals surface area contributed by atoms with Gasteiger partial charge < -0.3 is 14.7 Å². The Balaban J connectivity index is 1.95. The second-order valence-electron chi connectivity index (χ2n) is 4.47. The number of hydrogen-bond donors (Lipinski definition) is 1. The predicted molar refractivity (Wildman–Crippen MR) is 77.3 cm³/mol. The Bertz CT molecular complexity index is 698. The van der Waals surface area contributed by atoms with E-state index >= 15 is 0 Å². The van der Waals surface area contributed by atoms with Crippen LogP contribution in [-0.4, -0.2) is 35.1 Å². The lowest BCUT2D eigenvalue weighted by atomic mass is 10.2. The van der Waals surface area contributed by atoms with Gasteiger partial charge in [-0.25, -0.2) is 9.78 Å². The van der Waals surface area contributed by atoms with E-state index in [2.05, 4.69) is 4.98 Å². The number of carboxylic acids is 1. The molecule has 7 heteroatoms. The number of amides is 1. The molecular formula is C14H12N2O4S. The van der Waals surface area contributed by atoms with Gasteiger partial charge in [-0.1, -0.05) is 12.1 Å². The van der Waals surface area contributed by atoms with Crippen molar-refractivity contribution in [1.29, 1.82) is 0 Å².